The summed E-state index contributed by atoms with van der Waals surface area (Å²) in [6.07, 6.45) is 5.83. The van der Waals surface area contributed by atoms with Crippen molar-refractivity contribution in [3.05, 3.63) is 77.7 Å². The van der Waals surface area contributed by atoms with E-state index >= 15 is 0 Å². The number of fused-ring (bicyclic) bond motifs is 1. The molecule has 1 saturated heterocycles. The number of amides is 1. The minimum Gasteiger partial charge on any atom is -0.378 e. The van der Waals surface area contributed by atoms with Crippen LogP contribution in [0.25, 0.3) is 23.1 Å². The SMILES string of the molecule is Cn1cccc1C(=O)Nc1cc(N2CCOCC2)ccc1C=Cc1n[nH]c2ccccc12. The number of nitrogens with zero attached hydrogens (tertiary/aromatic N) is 3. The molecular formula is C25H25N5O2. The van der Waals surface area contributed by atoms with Crippen molar-refractivity contribution in [2.24, 2.45) is 7.05 Å². The number of rotatable bonds is 5. The van der Waals surface area contributed by atoms with Gasteiger partial charge in [-0.3, -0.25) is 9.89 Å². The third kappa shape index (κ3) is 4.02. The van der Waals surface area contributed by atoms with E-state index in [1.807, 2.05) is 78.5 Å². The van der Waals surface area contributed by atoms with Crippen molar-refractivity contribution in [1.82, 2.24) is 14.8 Å². The number of benzene rings is 2. The summed E-state index contributed by atoms with van der Waals surface area (Å²) in [7, 11) is 1.86. The second-order valence-electron chi connectivity index (χ2n) is 7.82. The van der Waals surface area contributed by atoms with Crippen molar-refractivity contribution in [2.45, 2.75) is 0 Å². The molecule has 0 unspecified atom stereocenters. The fourth-order valence-corrected chi connectivity index (χ4v) is 3.98. The van der Waals surface area contributed by atoms with Crippen LogP contribution in [-0.2, 0) is 11.8 Å². The van der Waals surface area contributed by atoms with Gasteiger partial charge in [-0.2, -0.15) is 5.10 Å². The van der Waals surface area contributed by atoms with Crippen LogP contribution in [0, 0.1) is 0 Å². The number of aryl methyl sites for hydroxylation is 1. The highest BCUT2D eigenvalue weighted by atomic mass is 16.5. The first-order chi connectivity index (χ1) is 15.7. The molecule has 1 fully saturated rings. The maximum atomic E-state index is 12.9. The second-order valence-corrected chi connectivity index (χ2v) is 7.82. The van der Waals surface area contributed by atoms with E-state index in [1.54, 1.807) is 0 Å². The second kappa shape index (κ2) is 8.72. The molecule has 0 saturated carbocycles. The zero-order chi connectivity index (χ0) is 21.9. The third-order valence-corrected chi connectivity index (χ3v) is 5.76. The fraction of sp³-hybridized carbons (Fsp3) is 0.200. The Bertz CT molecular complexity index is 1280. The summed E-state index contributed by atoms with van der Waals surface area (Å²) in [5.74, 6) is -0.142. The highest BCUT2D eigenvalue weighted by Crippen LogP contribution is 2.27. The van der Waals surface area contributed by atoms with Crippen molar-refractivity contribution in [3.8, 4) is 0 Å². The van der Waals surface area contributed by atoms with Crippen molar-refractivity contribution in [2.75, 3.05) is 36.5 Å². The van der Waals surface area contributed by atoms with Gasteiger partial charge < -0.3 is 19.5 Å². The van der Waals surface area contributed by atoms with Gasteiger partial charge in [0.1, 0.15) is 5.69 Å². The van der Waals surface area contributed by atoms with Gasteiger partial charge in [0.25, 0.3) is 5.91 Å². The summed E-state index contributed by atoms with van der Waals surface area (Å²) in [6, 6.07) is 17.9. The average Bonchev–Trinajstić information content (AvgIpc) is 3.45. The normalized spacial score (nSPS) is 14.3. The van der Waals surface area contributed by atoms with Gasteiger partial charge in [-0.1, -0.05) is 30.3 Å². The lowest BCUT2D eigenvalue weighted by Gasteiger charge is -2.29. The number of carbonyl (C=O) groups is 1. The molecule has 0 atom stereocenters. The molecule has 1 amide bonds. The minimum absolute atomic E-state index is 0.142. The van der Waals surface area contributed by atoms with Crippen molar-refractivity contribution in [1.29, 1.82) is 0 Å². The van der Waals surface area contributed by atoms with Crippen LogP contribution in [-0.4, -0.2) is 47.0 Å². The highest BCUT2D eigenvalue weighted by molar-refractivity contribution is 6.05. The number of ether oxygens (including phenoxy) is 1. The Morgan fingerprint density at radius 3 is 2.75 bits per heavy atom. The number of hydrogen-bond acceptors (Lipinski definition) is 4. The molecule has 5 rings (SSSR count). The first kappa shape index (κ1) is 20.1. The summed E-state index contributed by atoms with van der Waals surface area (Å²) in [5.41, 5.74) is 5.20. The van der Waals surface area contributed by atoms with Gasteiger partial charge in [0.15, 0.2) is 0 Å². The number of morpholine rings is 1. The van der Waals surface area contributed by atoms with Crippen LogP contribution in [0.5, 0.6) is 0 Å². The summed E-state index contributed by atoms with van der Waals surface area (Å²) >= 11 is 0. The molecule has 0 bridgehead atoms. The van der Waals surface area contributed by atoms with Crippen LogP contribution < -0.4 is 10.2 Å². The number of aromatic amines is 1. The van der Waals surface area contributed by atoms with Gasteiger partial charge in [0.05, 0.1) is 30.1 Å². The molecule has 0 aliphatic carbocycles. The number of para-hydroxylation sites is 1. The summed E-state index contributed by atoms with van der Waals surface area (Å²) in [6.45, 7) is 3.08. The summed E-state index contributed by atoms with van der Waals surface area (Å²) in [5, 5.41) is 11.6. The molecule has 1 aliphatic rings. The largest absolute Gasteiger partial charge is 0.378 e. The van der Waals surface area contributed by atoms with E-state index in [4.69, 9.17) is 4.74 Å². The van der Waals surface area contributed by atoms with E-state index in [1.165, 1.54) is 0 Å². The molecule has 2 aromatic carbocycles. The molecule has 7 nitrogen and oxygen atoms in total. The monoisotopic (exact) mass is 427 g/mol. The standard InChI is InChI=1S/C25H25N5O2/c1-29-12-4-7-24(29)25(31)26-23-17-19(30-13-15-32-16-14-30)10-8-18(23)9-11-22-20-5-2-3-6-21(20)27-28-22/h2-12,17H,13-16H2,1H3,(H,26,31)(H,27,28). The van der Waals surface area contributed by atoms with Crippen LogP contribution >= 0.6 is 0 Å². The highest BCUT2D eigenvalue weighted by Gasteiger charge is 2.15. The first-order valence-electron chi connectivity index (χ1n) is 10.7. The van der Waals surface area contributed by atoms with E-state index in [-0.39, 0.29) is 5.91 Å². The third-order valence-electron chi connectivity index (χ3n) is 5.76. The maximum Gasteiger partial charge on any atom is 0.272 e. The van der Waals surface area contributed by atoms with E-state index in [2.05, 4.69) is 26.5 Å². The Kier molecular flexibility index (Phi) is 5.47. The summed E-state index contributed by atoms with van der Waals surface area (Å²) in [4.78, 5) is 15.2. The van der Waals surface area contributed by atoms with Crippen molar-refractivity contribution >= 4 is 40.3 Å². The van der Waals surface area contributed by atoms with Crippen LogP contribution in [0.15, 0.2) is 60.8 Å². The molecule has 2 aromatic heterocycles. The van der Waals surface area contributed by atoms with Gasteiger partial charge >= 0.3 is 0 Å². The Hall–Kier alpha value is -3.84. The van der Waals surface area contributed by atoms with Gasteiger partial charge in [-0.05, 0) is 42.0 Å². The molecule has 7 heteroatoms. The minimum atomic E-state index is -0.142. The number of hydrogen-bond donors (Lipinski definition) is 2. The number of anilines is 2. The van der Waals surface area contributed by atoms with E-state index in [0.29, 0.717) is 18.9 Å². The molecule has 3 heterocycles. The Morgan fingerprint density at radius 1 is 1.09 bits per heavy atom. The topological polar surface area (TPSA) is 75.2 Å². The predicted molar refractivity (Wildman–Crippen MR) is 128 cm³/mol. The molecule has 0 spiro atoms. The molecule has 1 aliphatic heterocycles. The number of aromatic nitrogens is 3. The predicted octanol–water partition coefficient (Wildman–Crippen LogP) is 4.16. The number of H-pyrrole nitrogens is 1. The van der Waals surface area contributed by atoms with E-state index in [0.717, 1.165) is 46.6 Å². The van der Waals surface area contributed by atoms with Gasteiger partial charge in [-0.15, -0.1) is 0 Å². The average molecular weight is 428 g/mol. The molecule has 2 N–H and O–H groups in total. The smallest absolute Gasteiger partial charge is 0.272 e. The lowest BCUT2D eigenvalue weighted by Crippen LogP contribution is -2.36. The van der Waals surface area contributed by atoms with Crippen LogP contribution in [0.3, 0.4) is 0 Å². The van der Waals surface area contributed by atoms with Crippen LogP contribution in [0.1, 0.15) is 21.7 Å². The van der Waals surface area contributed by atoms with Gasteiger partial charge in [0.2, 0.25) is 0 Å². The quantitative estimate of drug-likeness (QED) is 0.502. The fourth-order valence-electron chi connectivity index (χ4n) is 3.98. The Morgan fingerprint density at radius 2 is 1.94 bits per heavy atom. The lowest BCUT2D eigenvalue weighted by molar-refractivity contribution is 0.101. The number of nitrogens with one attached hydrogen (secondary N) is 2. The van der Waals surface area contributed by atoms with Crippen LogP contribution in [0.2, 0.25) is 0 Å². The molecule has 0 radical (unpaired) electrons. The zero-order valence-electron chi connectivity index (χ0n) is 17.9. The molecule has 4 aromatic rings. The Balaban J connectivity index is 1.48. The lowest BCUT2D eigenvalue weighted by atomic mass is 10.1. The van der Waals surface area contributed by atoms with E-state index in [9.17, 15) is 4.79 Å². The van der Waals surface area contributed by atoms with E-state index < -0.39 is 0 Å². The molecule has 162 valence electrons. The maximum absolute atomic E-state index is 12.9. The zero-order valence-corrected chi connectivity index (χ0v) is 17.9. The number of carbonyl (C=O) groups excluding carboxylic acids is 1. The van der Waals surface area contributed by atoms with Gasteiger partial charge in [0, 0.05) is 37.4 Å². The van der Waals surface area contributed by atoms with Gasteiger partial charge in [-0.25, -0.2) is 0 Å². The molecular weight excluding hydrogens is 402 g/mol. The van der Waals surface area contributed by atoms with Crippen LogP contribution in [0.4, 0.5) is 11.4 Å². The summed E-state index contributed by atoms with van der Waals surface area (Å²) < 4.78 is 7.29. The molecule has 32 heavy (non-hydrogen) atoms. The van der Waals surface area contributed by atoms with Crippen molar-refractivity contribution < 1.29 is 9.53 Å². The first-order valence-corrected chi connectivity index (χ1v) is 10.7. The van der Waals surface area contributed by atoms with Crippen molar-refractivity contribution in [3.63, 3.8) is 0 Å². The Labute approximate surface area is 186 Å².